The van der Waals surface area contributed by atoms with Gasteiger partial charge in [0.25, 0.3) is 5.91 Å². The normalized spacial score (nSPS) is 29.1. The molecule has 0 radical (unpaired) electrons. The highest BCUT2D eigenvalue weighted by molar-refractivity contribution is 5.88. The monoisotopic (exact) mass is 406 g/mol. The summed E-state index contributed by atoms with van der Waals surface area (Å²) in [5, 5.41) is 3.31. The quantitative estimate of drug-likeness (QED) is 0.611. The number of carbonyl (C=O) groups is 2. The van der Waals surface area contributed by atoms with Crippen molar-refractivity contribution in [1.82, 2.24) is 10.2 Å². The van der Waals surface area contributed by atoms with Crippen LogP contribution in [0.1, 0.15) is 118 Å². The fourth-order valence-corrected chi connectivity index (χ4v) is 6.73. The zero-order valence-corrected chi connectivity index (χ0v) is 19.4. The van der Waals surface area contributed by atoms with Gasteiger partial charge in [-0.2, -0.15) is 0 Å². The van der Waals surface area contributed by atoms with Gasteiger partial charge >= 0.3 is 0 Å². The third-order valence-electron chi connectivity index (χ3n) is 7.27. The first-order valence-electron chi connectivity index (χ1n) is 11.9. The Balaban J connectivity index is 1.83. The second-order valence-corrected chi connectivity index (χ2v) is 11.1. The molecule has 5 nitrogen and oxygen atoms in total. The number of nitrogens with one attached hydrogen (secondary N) is 1. The van der Waals surface area contributed by atoms with E-state index in [1.54, 1.807) is 6.92 Å². The second-order valence-electron chi connectivity index (χ2n) is 11.1. The smallest absolute Gasteiger partial charge is 0.254 e. The molecule has 2 aliphatic heterocycles. The van der Waals surface area contributed by atoms with Crippen molar-refractivity contribution in [2.75, 3.05) is 0 Å². The van der Waals surface area contributed by atoms with E-state index in [2.05, 4.69) is 33.0 Å². The summed E-state index contributed by atoms with van der Waals surface area (Å²) in [6, 6.07) is 0. The second kappa shape index (κ2) is 8.20. The van der Waals surface area contributed by atoms with Gasteiger partial charge in [-0.15, -0.1) is 0 Å². The fourth-order valence-electron chi connectivity index (χ4n) is 6.73. The van der Waals surface area contributed by atoms with Crippen LogP contribution in [-0.2, 0) is 14.3 Å². The van der Waals surface area contributed by atoms with Gasteiger partial charge in [-0.25, -0.2) is 0 Å². The Bertz CT molecular complexity index is 596. The number of hydrogen-bond acceptors (Lipinski definition) is 3. The van der Waals surface area contributed by atoms with Crippen LogP contribution in [0.25, 0.3) is 0 Å². The summed E-state index contributed by atoms with van der Waals surface area (Å²) < 4.78 is 6.84. The van der Waals surface area contributed by atoms with Gasteiger partial charge in [0, 0.05) is 30.8 Å². The molecule has 5 heteroatoms. The van der Waals surface area contributed by atoms with Crippen LogP contribution in [0.4, 0.5) is 0 Å². The molecule has 166 valence electrons. The summed E-state index contributed by atoms with van der Waals surface area (Å²) in [5.41, 5.74) is -2.12. The maximum absolute atomic E-state index is 13.4. The average Bonchev–Trinajstić information content (AvgIpc) is 2.78. The predicted molar refractivity (Wildman–Crippen MR) is 115 cm³/mol. The molecule has 1 saturated carbocycles. The topological polar surface area (TPSA) is 58.6 Å². The van der Waals surface area contributed by atoms with E-state index in [4.69, 9.17) is 4.74 Å². The Hall–Kier alpha value is -1.10. The first-order valence-corrected chi connectivity index (χ1v) is 11.9. The minimum Gasteiger partial charge on any atom is -0.339 e. The third-order valence-corrected chi connectivity index (χ3v) is 7.27. The summed E-state index contributed by atoms with van der Waals surface area (Å²) in [6.07, 6.45) is 13.9. The Labute approximate surface area is 177 Å². The Kier molecular flexibility index (Phi) is 6.39. The lowest BCUT2D eigenvalue weighted by Crippen LogP contribution is -2.69. The van der Waals surface area contributed by atoms with E-state index >= 15 is 0 Å². The molecule has 3 aliphatic rings. The van der Waals surface area contributed by atoms with E-state index in [-0.39, 0.29) is 22.9 Å². The number of ether oxygens (including phenoxy) is 1. The van der Waals surface area contributed by atoms with Crippen LogP contribution in [0.15, 0.2) is 0 Å². The predicted octanol–water partition coefficient (Wildman–Crippen LogP) is 5.07. The summed E-state index contributed by atoms with van der Waals surface area (Å²) in [4.78, 5) is 27.7. The number of rotatable bonds is 0. The van der Waals surface area contributed by atoms with E-state index in [0.717, 1.165) is 25.7 Å². The zero-order valence-electron chi connectivity index (χ0n) is 19.4. The van der Waals surface area contributed by atoms with Gasteiger partial charge in [0.2, 0.25) is 5.91 Å². The SMILES string of the molecule is CC(=O)N1C(C)(C)CC2(CC1(C)C)NC(=O)C1(CCCCCCCCCCC1)O2. The van der Waals surface area contributed by atoms with Crippen LogP contribution in [-0.4, -0.2) is 39.1 Å². The highest BCUT2D eigenvalue weighted by atomic mass is 16.6. The van der Waals surface area contributed by atoms with E-state index < -0.39 is 11.3 Å². The molecule has 29 heavy (non-hydrogen) atoms. The molecule has 0 aromatic carbocycles. The molecule has 2 saturated heterocycles. The molecule has 2 heterocycles. The van der Waals surface area contributed by atoms with Gasteiger partial charge in [0.05, 0.1) is 0 Å². The largest absolute Gasteiger partial charge is 0.339 e. The maximum Gasteiger partial charge on any atom is 0.254 e. The average molecular weight is 407 g/mol. The highest BCUT2D eigenvalue weighted by Crippen LogP contribution is 2.49. The molecule has 1 aliphatic carbocycles. The lowest BCUT2D eigenvalue weighted by Gasteiger charge is -2.58. The van der Waals surface area contributed by atoms with Crippen molar-refractivity contribution in [3.05, 3.63) is 0 Å². The van der Waals surface area contributed by atoms with Crippen molar-refractivity contribution < 1.29 is 14.3 Å². The number of hydrogen-bond donors (Lipinski definition) is 1. The van der Waals surface area contributed by atoms with E-state index in [1.165, 1.54) is 44.9 Å². The summed E-state index contributed by atoms with van der Waals surface area (Å²) in [6.45, 7) is 10.0. The highest BCUT2D eigenvalue weighted by Gasteiger charge is 2.62. The number of nitrogens with zero attached hydrogens (tertiary/aromatic N) is 1. The Morgan fingerprint density at radius 2 is 1.24 bits per heavy atom. The molecular weight excluding hydrogens is 364 g/mol. The first-order chi connectivity index (χ1) is 13.5. The minimum atomic E-state index is -0.691. The molecule has 0 bridgehead atoms. The summed E-state index contributed by atoms with van der Waals surface area (Å²) in [5.74, 6) is 0.164. The Morgan fingerprint density at radius 3 is 1.66 bits per heavy atom. The minimum absolute atomic E-state index is 0.0810. The number of piperidine rings is 1. The lowest BCUT2D eigenvalue weighted by atomic mass is 9.74. The van der Waals surface area contributed by atoms with Gasteiger partial charge < -0.3 is 15.0 Å². The molecule has 2 amide bonds. The van der Waals surface area contributed by atoms with Crippen molar-refractivity contribution in [2.45, 2.75) is 140 Å². The molecule has 0 unspecified atom stereocenters. The molecule has 0 atom stereocenters. The first kappa shape index (κ1) is 22.6. The van der Waals surface area contributed by atoms with Gasteiger partial charge in [-0.3, -0.25) is 9.59 Å². The van der Waals surface area contributed by atoms with Crippen LogP contribution in [0, 0.1) is 0 Å². The van der Waals surface area contributed by atoms with Gasteiger partial charge in [0.1, 0.15) is 11.3 Å². The van der Waals surface area contributed by atoms with Crippen LogP contribution in [0.2, 0.25) is 0 Å². The van der Waals surface area contributed by atoms with Crippen molar-refractivity contribution in [3.8, 4) is 0 Å². The lowest BCUT2D eigenvalue weighted by molar-refractivity contribution is -0.196. The summed E-state index contributed by atoms with van der Waals surface area (Å²) >= 11 is 0. The molecular formula is C24H42N2O3. The number of likely N-dealkylation sites (tertiary alicyclic amines) is 1. The molecule has 2 spiro atoms. The third kappa shape index (κ3) is 4.65. The van der Waals surface area contributed by atoms with Crippen LogP contribution >= 0.6 is 0 Å². The number of amides is 2. The van der Waals surface area contributed by atoms with E-state index in [9.17, 15) is 9.59 Å². The van der Waals surface area contributed by atoms with Crippen molar-refractivity contribution in [3.63, 3.8) is 0 Å². The van der Waals surface area contributed by atoms with Crippen LogP contribution in [0.3, 0.4) is 0 Å². The van der Waals surface area contributed by atoms with Gasteiger partial charge in [0.15, 0.2) is 0 Å². The molecule has 0 aromatic rings. The van der Waals surface area contributed by atoms with Crippen molar-refractivity contribution in [1.29, 1.82) is 0 Å². The number of carbonyl (C=O) groups excluding carboxylic acids is 2. The maximum atomic E-state index is 13.4. The van der Waals surface area contributed by atoms with Crippen LogP contribution in [0.5, 0.6) is 0 Å². The van der Waals surface area contributed by atoms with Gasteiger partial charge in [-0.1, -0.05) is 57.8 Å². The van der Waals surface area contributed by atoms with E-state index in [0.29, 0.717) is 12.8 Å². The van der Waals surface area contributed by atoms with Gasteiger partial charge in [-0.05, 0) is 40.5 Å². The zero-order chi connectivity index (χ0) is 21.3. The molecule has 0 aromatic heterocycles. The molecule has 1 N–H and O–H groups in total. The fraction of sp³-hybridized carbons (Fsp3) is 0.917. The van der Waals surface area contributed by atoms with E-state index in [1.807, 2.05) is 4.90 Å². The molecule has 3 fully saturated rings. The van der Waals surface area contributed by atoms with Crippen molar-refractivity contribution in [2.24, 2.45) is 0 Å². The Morgan fingerprint density at radius 1 is 0.828 bits per heavy atom. The summed E-state index contributed by atoms with van der Waals surface area (Å²) in [7, 11) is 0. The van der Waals surface area contributed by atoms with Crippen LogP contribution < -0.4 is 5.32 Å². The standard InChI is InChI=1S/C24H42N2O3/c1-19(27)26-21(2,3)17-24(18-22(26,4)5)25-20(28)23(29-24)15-13-11-9-7-6-8-10-12-14-16-23/h6-18H2,1-5H3,(H,25,28). The van der Waals surface area contributed by atoms with Crippen molar-refractivity contribution >= 4 is 11.8 Å². The molecule has 3 rings (SSSR count).